The monoisotopic (exact) mass is 339 g/mol. The lowest BCUT2D eigenvalue weighted by molar-refractivity contribution is -0.142. The third kappa shape index (κ3) is 4.58. The van der Waals surface area contributed by atoms with Crippen LogP contribution in [0, 0.1) is 11.3 Å². The van der Waals surface area contributed by atoms with Gasteiger partial charge in [-0.3, -0.25) is 0 Å². The summed E-state index contributed by atoms with van der Waals surface area (Å²) in [5.74, 6) is -0.226. The molecule has 128 valence electrons. The van der Waals surface area contributed by atoms with Crippen LogP contribution < -0.4 is 0 Å². The van der Waals surface area contributed by atoms with Crippen LogP contribution in [0.4, 0.5) is 0 Å². The maximum Gasteiger partial charge on any atom is 0.349 e. The van der Waals surface area contributed by atoms with Gasteiger partial charge >= 0.3 is 11.9 Å². The number of esters is 2. The fraction of sp³-hybridized carbons (Fsp3) is 0.211. The molecule has 0 bridgehead atoms. The molecule has 0 aliphatic carbocycles. The highest BCUT2D eigenvalue weighted by molar-refractivity contribution is 5.97. The van der Waals surface area contributed by atoms with Gasteiger partial charge in [0.05, 0.1) is 18.8 Å². The lowest BCUT2D eigenvalue weighted by Gasteiger charge is -2.05. The average Bonchev–Trinajstić information content (AvgIpc) is 3.07. The SMILES string of the molecule is COC(=O)c1ccc(-c2ccc(/C=C(/C#N)C(=O)OC(C)C)o2)cc1. The van der Waals surface area contributed by atoms with Gasteiger partial charge in [0.2, 0.25) is 0 Å². The van der Waals surface area contributed by atoms with Crippen LogP contribution >= 0.6 is 0 Å². The van der Waals surface area contributed by atoms with E-state index in [-0.39, 0.29) is 11.7 Å². The van der Waals surface area contributed by atoms with Crippen molar-refractivity contribution < 1.29 is 23.5 Å². The van der Waals surface area contributed by atoms with E-state index < -0.39 is 11.9 Å². The van der Waals surface area contributed by atoms with Crippen LogP contribution in [0.1, 0.15) is 30.0 Å². The zero-order valence-electron chi connectivity index (χ0n) is 14.1. The van der Waals surface area contributed by atoms with Crippen LogP contribution in [0.2, 0.25) is 0 Å². The van der Waals surface area contributed by atoms with Crippen LogP contribution in [0.15, 0.2) is 46.4 Å². The largest absolute Gasteiger partial charge is 0.465 e. The first-order valence-electron chi connectivity index (χ1n) is 7.56. The molecule has 0 saturated carbocycles. The normalized spacial score (nSPS) is 11.1. The second-order valence-electron chi connectivity index (χ2n) is 5.39. The summed E-state index contributed by atoms with van der Waals surface area (Å²) in [4.78, 5) is 23.2. The first kappa shape index (κ1) is 18.0. The molecule has 0 unspecified atom stereocenters. The van der Waals surface area contributed by atoms with Gasteiger partial charge in [0.25, 0.3) is 0 Å². The molecule has 0 aliphatic rings. The summed E-state index contributed by atoms with van der Waals surface area (Å²) in [6.45, 7) is 3.41. The van der Waals surface area contributed by atoms with Crippen molar-refractivity contribution in [3.05, 3.63) is 53.3 Å². The molecule has 0 N–H and O–H groups in total. The topological polar surface area (TPSA) is 89.5 Å². The average molecular weight is 339 g/mol. The highest BCUT2D eigenvalue weighted by atomic mass is 16.5. The Balaban J connectivity index is 2.22. The van der Waals surface area contributed by atoms with E-state index in [0.717, 1.165) is 5.56 Å². The van der Waals surface area contributed by atoms with Crippen molar-refractivity contribution in [2.24, 2.45) is 0 Å². The molecule has 0 fully saturated rings. The number of hydrogen-bond acceptors (Lipinski definition) is 6. The second kappa shape index (κ2) is 7.97. The van der Waals surface area contributed by atoms with E-state index in [4.69, 9.17) is 14.4 Å². The predicted octanol–water partition coefficient (Wildman–Crippen LogP) is 3.59. The molecule has 6 heteroatoms. The second-order valence-corrected chi connectivity index (χ2v) is 5.39. The minimum Gasteiger partial charge on any atom is -0.465 e. The van der Waals surface area contributed by atoms with E-state index >= 15 is 0 Å². The van der Waals surface area contributed by atoms with Crippen molar-refractivity contribution in [1.29, 1.82) is 5.26 Å². The lowest BCUT2D eigenvalue weighted by atomic mass is 10.1. The lowest BCUT2D eigenvalue weighted by Crippen LogP contribution is -2.12. The van der Waals surface area contributed by atoms with Gasteiger partial charge in [0.1, 0.15) is 23.2 Å². The molecule has 0 amide bonds. The number of benzene rings is 1. The van der Waals surface area contributed by atoms with Crippen molar-refractivity contribution in [2.75, 3.05) is 7.11 Å². The van der Waals surface area contributed by atoms with Crippen LogP contribution in [0.5, 0.6) is 0 Å². The third-order valence-corrected chi connectivity index (χ3v) is 3.19. The summed E-state index contributed by atoms with van der Waals surface area (Å²) in [7, 11) is 1.32. The standard InChI is InChI=1S/C19H17NO5/c1-12(2)24-19(22)15(11-20)10-16-8-9-17(25-16)13-4-6-14(7-5-13)18(21)23-3/h4-10,12H,1-3H3/b15-10-. The third-order valence-electron chi connectivity index (χ3n) is 3.19. The molecular weight excluding hydrogens is 322 g/mol. The number of ether oxygens (including phenoxy) is 2. The quantitative estimate of drug-likeness (QED) is 0.470. The summed E-state index contributed by atoms with van der Waals surface area (Å²) in [6.07, 6.45) is 1.02. The number of rotatable bonds is 5. The van der Waals surface area contributed by atoms with Gasteiger partial charge in [0.15, 0.2) is 0 Å². The zero-order chi connectivity index (χ0) is 18.4. The molecule has 0 spiro atoms. The molecule has 25 heavy (non-hydrogen) atoms. The van der Waals surface area contributed by atoms with E-state index in [2.05, 4.69) is 4.74 Å². The van der Waals surface area contributed by atoms with Crippen molar-refractivity contribution >= 4 is 18.0 Å². The summed E-state index contributed by atoms with van der Waals surface area (Å²) in [5.41, 5.74) is 1.03. The van der Waals surface area contributed by atoms with Crippen LogP contribution in [0.25, 0.3) is 17.4 Å². The molecule has 2 rings (SSSR count). The number of methoxy groups -OCH3 is 1. The van der Waals surface area contributed by atoms with Crippen LogP contribution in [-0.4, -0.2) is 25.2 Å². The molecule has 0 radical (unpaired) electrons. The first-order valence-corrected chi connectivity index (χ1v) is 7.56. The van der Waals surface area contributed by atoms with Gasteiger partial charge in [-0.1, -0.05) is 12.1 Å². The van der Waals surface area contributed by atoms with Gasteiger partial charge < -0.3 is 13.9 Å². The summed E-state index contributed by atoms with van der Waals surface area (Å²) in [6, 6.07) is 11.8. The van der Waals surface area contributed by atoms with Gasteiger partial charge in [-0.15, -0.1) is 0 Å². The fourth-order valence-corrected chi connectivity index (χ4v) is 2.03. The summed E-state index contributed by atoms with van der Waals surface area (Å²) < 4.78 is 15.3. The molecular formula is C19H17NO5. The van der Waals surface area contributed by atoms with Crippen molar-refractivity contribution in [1.82, 2.24) is 0 Å². The maximum atomic E-state index is 11.8. The Morgan fingerprint density at radius 2 is 1.84 bits per heavy atom. The number of carbonyl (C=O) groups excluding carboxylic acids is 2. The molecule has 1 aromatic carbocycles. The van der Waals surface area contributed by atoms with Gasteiger partial charge in [-0.2, -0.15) is 5.26 Å². The highest BCUT2D eigenvalue weighted by Gasteiger charge is 2.14. The molecule has 6 nitrogen and oxygen atoms in total. The molecule has 1 heterocycles. The fourth-order valence-electron chi connectivity index (χ4n) is 2.03. The molecule has 1 aromatic heterocycles. The number of carbonyl (C=O) groups is 2. The van der Waals surface area contributed by atoms with E-state index in [1.54, 1.807) is 56.3 Å². The van der Waals surface area contributed by atoms with Gasteiger partial charge in [0, 0.05) is 11.6 Å². The van der Waals surface area contributed by atoms with Gasteiger partial charge in [-0.25, -0.2) is 9.59 Å². The van der Waals surface area contributed by atoms with Crippen molar-refractivity contribution in [3.63, 3.8) is 0 Å². The highest BCUT2D eigenvalue weighted by Crippen LogP contribution is 2.24. The van der Waals surface area contributed by atoms with E-state index in [1.165, 1.54) is 13.2 Å². The maximum absolute atomic E-state index is 11.8. The van der Waals surface area contributed by atoms with Crippen LogP contribution in [-0.2, 0) is 14.3 Å². The number of nitrogens with zero attached hydrogens (tertiary/aromatic N) is 1. The van der Waals surface area contributed by atoms with Crippen LogP contribution in [0.3, 0.4) is 0 Å². The predicted molar refractivity (Wildman–Crippen MR) is 90.3 cm³/mol. The molecule has 2 aromatic rings. The molecule has 0 saturated heterocycles. The molecule has 0 aliphatic heterocycles. The van der Waals surface area contributed by atoms with Crippen molar-refractivity contribution in [3.8, 4) is 17.4 Å². The Labute approximate surface area is 145 Å². The minimum absolute atomic E-state index is 0.143. The van der Waals surface area contributed by atoms with Crippen molar-refractivity contribution in [2.45, 2.75) is 20.0 Å². The Kier molecular flexibility index (Phi) is 5.75. The van der Waals surface area contributed by atoms with Gasteiger partial charge in [-0.05, 0) is 38.1 Å². The van der Waals surface area contributed by atoms with E-state index in [0.29, 0.717) is 17.1 Å². The Morgan fingerprint density at radius 3 is 2.40 bits per heavy atom. The number of hydrogen-bond donors (Lipinski definition) is 0. The smallest absolute Gasteiger partial charge is 0.349 e. The zero-order valence-corrected chi connectivity index (χ0v) is 14.1. The first-order chi connectivity index (χ1) is 11.9. The Bertz CT molecular complexity index is 837. The minimum atomic E-state index is -0.696. The summed E-state index contributed by atoms with van der Waals surface area (Å²) >= 11 is 0. The van der Waals surface area contributed by atoms with E-state index in [9.17, 15) is 9.59 Å². The Morgan fingerprint density at radius 1 is 1.16 bits per heavy atom. The molecule has 0 atom stereocenters. The number of furan rings is 1. The van der Waals surface area contributed by atoms with E-state index in [1.807, 2.05) is 0 Å². The number of nitriles is 1. The summed E-state index contributed by atoms with van der Waals surface area (Å²) in [5, 5.41) is 9.10. The Hall–Kier alpha value is -3.33.